The average Bonchev–Trinajstić information content (AvgIpc) is 3.22. The summed E-state index contributed by atoms with van der Waals surface area (Å²) in [5.41, 5.74) is 0.803. The molecule has 2 amide bonds. The maximum atomic E-state index is 12.4. The van der Waals surface area contributed by atoms with Crippen molar-refractivity contribution in [2.75, 3.05) is 13.1 Å². The van der Waals surface area contributed by atoms with Gasteiger partial charge < -0.3 is 14.5 Å². The fraction of sp³-hybridized carbons (Fsp3) is 0.684. The van der Waals surface area contributed by atoms with Gasteiger partial charge >= 0.3 is 0 Å². The van der Waals surface area contributed by atoms with E-state index in [1.165, 1.54) is 0 Å². The molecule has 2 bridgehead atoms. The molecule has 3 aliphatic heterocycles. The van der Waals surface area contributed by atoms with Crippen LogP contribution in [0.2, 0.25) is 0 Å². The number of rotatable bonds is 3. The third-order valence-electron chi connectivity index (χ3n) is 5.94. The number of hydrogen-bond acceptors (Lipinski definition) is 4. The highest BCUT2D eigenvalue weighted by Crippen LogP contribution is 2.37. The van der Waals surface area contributed by atoms with Gasteiger partial charge in [0.25, 0.3) is 5.91 Å². The highest BCUT2D eigenvalue weighted by Gasteiger charge is 2.43. The molecule has 1 unspecified atom stereocenters. The maximum Gasteiger partial charge on any atom is 0.254 e. The topological polar surface area (TPSA) is 49.9 Å². The van der Waals surface area contributed by atoms with Crippen molar-refractivity contribution in [1.82, 2.24) is 9.80 Å². The molecule has 0 aliphatic carbocycles. The van der Waals surface area contributed by atoms with Crippen LogP contribution in [-0.2, 0) is 9.53 Å². The zero-order valence-electron chi connectivity index (χ0n) is 14.7. The average molecular weight is 362 g/mol. The molecule has 0 spiro atoms. The summed E-state index contributed by atoms with van der Waals surface area (Å²) in [6.07, 6.45) is 6.55. The Morgan fingerprint density at radius 2 is 1.76 bits per heavy atom. The van der Waals surface area contributed by atoms with Gasteiger partial charge in [0.1, 0.15) is 0 Å². The van der Waals surface area contributed by atoms with Crippen molar-refractivity contribution in [3.05, 3.63) is 22.4 Å². The molecule has 0 N–H and O–H groups in total. The van der Waals surface area contributed by atoms with Crippen LogP contribution < -0.4 is 0 Å². The smallest absolute Gasteiger partial charge is 0.254 e. The van der Waals surface area contributed by atoms with Crippen LogP contribution in [0.4, 0.5) is 0 Å². The Bertz CT molecular complexity index is 611. The van der Waals surface area contributed by atoms with Crippen molar-refractivity contribution in [3.63, 3.8) is 0 Å². The van der Waals surface area contributed by atoms with E-state index in [4.69, 9.17) is 4.74 Å². The minimum absolute atomic E-state index is 0.146. The van der Waals surface area contributed by atoms with Crippen LogP contribution in [0.5, 0.6) is 0 Å². The largest absolute Gasteiger partial charge is 0.375 e. The summed E-state index contributed by atoms with van der Waals surface area (Å²) in [5, 5.41) is 3.87. The number of nitrogens with zero attached hydrogens (tertiary/aromatic N) is 2. The van der Waals surface area contributed by atoms with Gasteiger partial charge in [-0.25, -0.2) is 0 Å². The second-order valence-corrected chi connectivity index (χ2v) is 8.32. The number of piperidine rings is 2. The Balaban J connectivity index is 1.27. The standard InChI is InChI=1S/C19H26N2O3S/c1-13(22)21-15-2-3-16(21)11-18(10-15)24-17-4-7-20(8-5-17)19(23)14-6-9-25-12-14/h6,9,12,15-18H,2-5,7-8,10-11H2,1H3/t15-,16+,18?. The molecule has 4 heterocycles. The highest BCUT2D eigenvalue weighted by molar-refractivity contribution is 7.08. The molecular weight excluding hydrogens is 336 g/mol. The summed E-state index contributed by atoms with van der Waals surface area (Å²) in [6, 6.07) is 2.65. The fourth-order valence-electron chi connectivity index (χ4n) is 4.79. The molecule has 5 nitrogen and oxygen atoms in total. The van der Waals surface area contributed by atoms with Crippen molar-refractivity contribution in [2.45, 2.75) is 69.7 Å². The van der Waals surface area contributed by atoms with Crippen molar-refractivity contribution < 1.29 is 14.3 Å². The molecule has 3 atom stereocenters. The van der Waals surface area contributed by atoms with Crippen molar-refractivity contribution in [3.8, 4) is 0 Å². The van der Waals surface area contributed by atoms with E-state index in [1.54, 1.807) is 18.3 Å². The number of carbonyl (C=O) groups is 2. The molecule has 6 heteroatoms. The van der Waals surface area contributed by atoms with Gasteiger partial charge in [-0.05, 0) is 50.0 Å². The lowest BCUT2D eigenvalue weighted by molar-refractivity contribution is -0.138. The monoisotopic (exact) mass is 362 g/mol. The maximum absolute atomic E-state index is 12.4. The van der Waals surface area contributed by atoms with Crippen molar-refractivity contribution >= 4 is 23.2 Å². The Hall–Kier alpha value is -1.40. The Kier molecular flexibility index (Phi) is 4.82. The van der Waals surface area contributed by atoms with Crippen LogP contribution in [0.1, 0.15) is 55.8 Å². The molecule has 3 saturated heterocycles. The van der Waals surface area contributed by atoms with Crippen LogP contribution in [0.3, 0.4) is 0 Å². The molecule has 1 aromatic heterocycles. The van der Waals surface area contributed by atoms with E-state index in [0.29, 0.717) is 12.1 Å². The Labute approximate surface area is 152 Å². The van der Waals surface area contributed by atoms with Crippen LogP contribution in [-0.4, -0.2) is 59.0 Å². The molecule has 3 aliphatic rings. The van der Waals surface area contributed by atoms with Gasteiger partial charge in [-0.15, -0.1) is 0 Å². The third kappa shape index (κ3) is 3.47. The molecule has 1 aromatic rings. The first kappa shape index (κ1) is 17.0. The summed E-state index contributed by atoms with van der Waals surface area (Å²) in [4.78, 5) is 28.2. The second kappa shape index (κ2) is 7.08. The van der Waals surface area contributed by atoms with Crippen molar-refractivity contribution in [2.24, 2.45) is 0 Å². The number of thiophene rings is 1. The summed E-state index contributed by atoms with van der Waals surface area (Å²) < 4.78 is 6.39. The lowest BCUT2D eigenvalue weighted by Crippen LogP contribution is -2.49. The van der Waals surface area contributed by atoms with E-state index in [1.807, 2.05) is 21.7 Å². The molecule has 136 valence electrons. The van der Waals surface area contributed by atoms with Gasteiger partial charge in [0.15, 0.2) is 0 Å². The van der Waals surface area contributed by atoms with E-state index in [-0.39, 0.29) is 24.0 Å². The number of likely N-dealkylation sites (tertiary alicyclic amines) is 1. The van der Waals surface area contributed by atoms with Gasteiger partial charge in [0.05, 0.1) is 17.8 Å². The lowest BCUT2D eigenvalue weighted by atomic mass is 9.98. The minimum atomic E-state index is 0.146. The number of carbonyl (C=O) groups excluding carboxylic acids is 2. The summed E-state index contributed by atoms with van der Waals surface area (Å²) in [6.45, 7) is 3.24. The second-order valence-electron chi connectivity index (χ2n) is 7.54. The normalized spacial score (nSPS) is 29.9. The first-order valence-corrected chi connectivity index (χ1v) is 10.3. The fourth-order valence-corrected chi connectivity index (χ4v) is 5.42. The molecule has 0 aromatic carbocycles. The third-order valence-corrected chi connectivity index (χ3v) is 6.62. The van der Waals surface area contributed by atoms with Crippen LogP contribution in [0.25, 0.3) is 0 Å². The Morgan fingerprint density at radius 1 is 1.08 bits per heavy atom. The lowest BCUT2D eigenvalue weighted by Gasteiger charge is -2.41. The zero-order chi connectivity index (χ0) is 17.4. The number of ether oxygens (including phenoxy) is 1. The van der Waals surface area contributed by atoms with E-state index < -0.39 is 0 Å². The van der Waals surface area contributed by atoms with Crippen LogP contribution in [0, 0.1) is 0 Å². The summed E-state index contributed by atoms with van der Waals surface area (Å²) in [7, 11) is 0. The molecular formula is C19H26N2O3S. The Morgan fingerprint density at radius 3 is 2.32 bits per heavy atom. The molecule has 0 saturated carbocycles. The SMILES string of the molecule is CC(=O)N1[C@@H]2CC[C@H]1CC(OC1CCN(C(=O)c3ccsc3)CC1)C2. The van der Waals surface area contributed by atoms with Gasteiger partial charge in [0, 0.05) is 37.5 Å². The zero-order valence-corrected chi connectivity index (χ0v) is 15.5. The molecule has 4 rings (SSSR count). The van der Waals surface area contributed by atoms with E-state index in [0.717, 1.165) is 57.2 Å². The van der Waals surface area contributed by atoms with E-state index in [2.05, 4.69) is 4.90 Å². The van der Waals surface area contributed by atoms with Crippen LogP contribution in [0.15, 0.2) is 16.8 Å². The highest BCUT2D eigenvalue weighted by atomic mass is 32.1. The summed E-state index contributed by atoms with van der Waals surface area (Å²) >= 11 is 1.56. The number of hydrogen-bond donors (Lipinski definition) is 0. The number of fused-ring (bicyclic) bond motifs is 2. The van der Waals surface area contributed by atoms with Crippen molar-refractivity contribution in [1.29, 1.82) is 0 Å². The predicted molar refractivity (Wildman–Crippen MR) is 96.7 cm³/mol. The molecule has 0 radical (unpaired) electrons. The van der Waals surface area contributed by atoms with Gasteiger partial charge in [-0.1, -0.05) is 0 Å². The van der Waals surface area contributed by atoms with Crippen LogP contribution >= 0.6 is 11.3 Å². The van der Waals surface area contributed by atoms with E-state index >= 15 is 0 Å². The quantitative estimate of drug-likeness (QED) is 0.831. The number of amides is 2. The van der Waals surface area contributed by atoms with E-state index in [9.17, 15) is 9.59 Å². The first-order chi connectivity index (χ1) is 12.1. The van der Waals surface area contributed by atoms with Gasteiger partial charge in [-0.2, -0.15) is 11.3 Å². The summed E-state index contributed by atoms with van der Waals surface area (Å²) in [5.74, 6) is 0.360. The van der Waals surface area contributed by atoms with Gasteiger partial charge in [0.2, 0.25) is 5.91 Å². The molecule has 3 fully saturated rings. The minimum Gasteiger partial charge on any atom is -0.375 e. The predicted octanol–water partition coefficient (Wildman–Crippen LogP) is 2.91. The molecule has 25 heavy (non-hydrogen) atoms. The van der Waals surface area contributed by atoms with Gasteiger partial charge in [-0.3, -0.25) is 9.59 Å². The first-order valence-electron chi connectivity index (χ1n) is 9.37.